The van der Waals surface area contributed by atoms with Crippen molar-refractivity contribution in [1.82, 2.24) is 4.72 Å². The number of rotatable bonds is 0. The Morgan fingerprint density at radius 3 is 2.63 bits per heavy atom. The third-order valence-electron chi connectivity index (χ3n) is 9.06. The Labute approximate surface area is 259 Å². The number of benzene rings is 2. The van der Waals surface area contributed by atoms with Crippen LogP contribution in [0, 0.1) is 11.8 Å². The van der Waals surface area contributed by atoms with Crippen molar-refractivity contribution < 1.29 is 32.5 Å². The lowest BCUT2D eigenvalue weighted by Gasteiger charge is -2.45. The summed E-state index contributed by atoms with van der Waals surface area (Å²) in [5.41, 5.74) is -0.631. The van der Waals surface area contributed by atoms with E-state index in [9.17, 15) is 18.3 Å². The molecule has 0 aromatic heterocycles. The highest BCUT2D eigenvalue weighted by atomic mass is 35.5. The summed E-state index contributed by atoms with van der Waals surface area (Å²) >= 11 is 6.29. The van der Waals surface area contributed by atoms with Gasteiger partial charge in [0, 0.05) is 29.1 Å². The molecule has 4 radical (unpaired) electrons. The molecule has 9 nitrogen and oxygen atoms in total. The van der Waals surface area contributed by atoms with Gasteiger partial charge in [-0.15, -0.1) is 0 Å². The van der Waals surface area contributed by atoms with Crippen molar-refractivity contribution >= 4 is 48.9 Å². The molecule has 1 aliphatic carbocycles. The molecule has 3 heterocycles. The van der Waals surface area contributed by atoms with Gasteiger partial charge in [-0.25, -0.2) is 13.1 Å². The molecule has 4 atom stereocenters. The van der Waals surface area contributed by atoms with Gasteiger partial charge in [0.05, 0.1) is 35.3 Å². The van der Waals surface area contributed by atoms with Crippen LogP contribution >= 0.6 is 11.6 Å². The van der Waals surface area contributed by atoms with Gasteiger partial charge in [-0.05, 0) is 75.3 Å². The lowest BCUT2D eigenvalue weighted by Crippen LogP contribution is -2.52. The van der Waals surface area contributed by atoms with Gasteiger partial charge in [0.15, 0.2) is 0 Å². The number of anilines is 1. The number of sulfonamides is 1. The van der Waals surface area contributed by atoms with Crippen LogP contribution in [0.2, 0.25) is 5.02 Å². The molecule has 3 aliphatic heterocycles. The summed E-state index contributed by atoms with van der Waals surface area (Å²) in [4.78, 5) is 15.2. The highest BCUT2D eigenvalue weighted by Crippen LogP contribution is 2.47. The summed E-state index contributed by atoms with van der Waals surface area (Å²) in [5, 5.41) is 9.76. The van der Waals surface area contributed by atoms with Gasteiger partial charge in [-0.2, -0.15) is 0 Å². The molecular formula is C30H33B2ClN2O7S. The van der Waals surface area contributed by atoms with Crippen molar-refractivity contribution in [3.8, 4) is 11.5 Å². The summed E-state index contributed by atoms with van der Waals surface area (Å²) in [6.07, 6.45) is 4.29. The van der Waals surface area contributed by atoms with Crippen molar-refractivity contribution in [2.24, 2.45) is 11.8 Å². The van der Waals surface area contributed by atoms with E-state index < -0.39 is 38.5 Å². The molecule has 1 fully saturated rings. The normalized spacial score (nSPS) is 31.6. The first-order valence-electron chi connectivity index (χ1n) is 14.4. The molecular weight excluding hydrogens is 589 g/mol. The molecule has 2 aromatic rings. The minimum Gasteiger partial charge on any atom is -0.493 e. The Hall–Kier alpha value is -2.66. The Bertz CT molecular complexity index is 1580. The second-order valence-electron chi connectivity index (χ2n) is 12.6. The number of aliphatic hydroxyl groups excluding tert-OH is 1. The van der Waals surface area contributed by atoms with Gasteiger partial charge in [0.1, 0.15) is 32.8 Å². The van der Waals surface area contributed by atoms with Crippen molar-refractivity contribution in [3.63, 3.8) is 0 Å². The second kappa shape index (κ2) is 10.8. The molecule has 0 unspecified atom stereocenters. The summed E-state index contributed by atoms with van der Waals surface area (Å²) in [6, 6.07) is 10.2. The van der Waals surface area contributed by atoms with Gasteiger partial charge in [0.2, 0.25) is 0 Å². The van der Waals surface area contributed by atoms with E-state index in [1.54, 1.807) is 6.07 Å². The second-order valence-corrected chi connectivity index (χ2v) is 14.7. The Morgan fingerprint density at radius 2 is 1.88 bits per heavy atom. The molecule has 4 aliphatic rings. The van der Waals surface area contributed by atoms with Crippen LogP contribution in [0.1, 0.15) is 38.7 Å². The standard InChI is InChI=1S/C30H33B2ClN2O7S/c1-28(2)27(37)34-43(38,39)20-5-8-25-23(14-20)35(15-18-3-6-21(18)24(36)9-10-30(31,32)42-28)16-29(17-41-25)11-12-40-26-13-19(33)4-7-22(26)29/h4-5,7-10,13-14,18,21,24,36H,3,6,11-12,15-17H2,1-2H3,(H,34,37)/b10-9+/t18-,21+,24-,29-/m0/s1. The van der Waals surface area contributed by atoms with Crippen molar-refractivity contribution in [2.75, 3.05) is 31.2 Å². The third-order valence-corrected chi connectivity index (χ3v) is 10.6. The molecule has 13 heteroatoms. The van der Waals surface area contributed by atoms with E-state index in [4.69, 9.17) is 41.5 Å². The number of amides is 1. The van der Waals surface area contributed by atoms with Crippen LogP contribution in [0.3, 0.4) is 0 Å². The van der Waals surface area contributed by atoms with E-state index in [1.165, 1.54) is 38.1 Å². The van der Waals surface area contributed by atoms with Gasteiger partial charge in [-0.3, -0.25) is 4.79 Å². The third kappa shape index (κ3) is 5.79. The highest BCUT2D eigenvalue weighted by Gasteiger charge is 2.45. The molecule has 2 bridgehead atoms. The summed E-state index contributed by atoms with van der Waals surface area (Å²) in [5.74, 6) is 0.274. The molecule has 224 valence electrons. The fourth-order valence-corrected chi connectivity index (χ4v) is 7.82. The quantitative estimate of drug-likeness (QED) is 0.341. The zero-order chi connectivity index (χ0) is 30.8. The largest absolute Gasteiger partial charge is 0.493 e. The van der Waals surface area contributed by atoms with Crippen LogP contribution in [0.4, 0.5) is 5.69 Å². The summed E-state index contributed by atoms with van der Waals surface area (Å²) < 4.78 is 47.1. The minimum atomic E-state index is -4.32. The number of hydrogen-bond donors (Lipinski definition) is 2. The van der Waals surface area contributed by atoms with Crippen LogP contribution in [0.25, 0.3) is 0 Å². The SMILES string of the molecule is [B]C1([B])/C=C/[C@H](O)[C@@H]2CC[C@H]2CN2C[C@@]3(CCOc4cc(Cl)ccc43)COc3ccc(cc32)S(=O)(=O)NC(=O)C(C)(C)O1. The fourth-order valence-electron chi connectivity index (χ4n) is 6.54. The summed E-state index contributed by atoms with van der Waals surface area (Å²) in [7, 11) is 7.88. The maximum absolute atomic E-state index is 13.5. The number of halogens is 1. The number of carbonyl (C=O) groups excluding carboxylic acids is 1. The average molecular weight is 623 g/mol. The molecule has 2 aromatic carbocycles. The number of ether oxygens (including phenoxy) is 3. The van der Waals surface area contributed by atoms with Crippen LogP contribution in [0.5, 0.6) is 11.5 Å². The van der Waals surface area contributed by atoms with Crippen molar-refractivity contribution in [1.29, 1.82) is 0 Å². The van der Waals surface area contributed by atoms with E-state index in [2.05, 4.69) is 9.62 Å². The Balaban J connectivity index is 1.45. The first kappa shape index (κ1) is 30.4. The van der Waals surface area contributed by atoms with Crippen LogP contribution in [-0.2, 0) is 25.0 Å². The molecule has 43 heavy (non-hydrogen) atoms. The topological polar surface area (TPSA) is 114 Å². The smallest absolute Gasteiger partial charge is 0.265 e. The molecule has 2 N–H and O–H groups in total. The van der Waals surface area contributed by atoms with Gasteiger partial charge in [-0.1, -0.05) is 29.8 Å². The van der Waals surface area contributed by atoms with Crippen molar-refractivity contribution in [3.05, 3.63) is 59.1 Å². The van der Waals surface area contributed by atoms with Crippen LogP contribution < -0.4 is 19.1 Å². The van der Waals surface area contributed by atoms with Gasteiger partial charge >= 0.3 is 0 Å². The molecule has 0 saturated heterocycles. The number of fused-ring (bicyclic) bond motifs is 4. The molecule has 6 rings (SSSR count). The monoisotopic (exact) mass is 622 g/mol. The lowest BCUT2D eigenvalue weighted by atomic mass is 9.63. The molecule has 1 spiro atoms. The van der Waals surface area contributed by atoms with E-state index in [0.717, 1.165) is 18.4 Å². The van der Waals surface area contributed by atoms with Crippen molar-refractivity contribution in [2.45, 2.75) is 60.5 Å². The zero-order valence-electron chi connectivity index (χ0n) is 24.1. The van der Waals surface area contributed by atoms with E-state index in [0.29, 0.717) is 54.9 Å². The maximum atomic E-state index is 13.5. The number of nitrogens with one attached hydrogen (secondary N) is 1. The first-order chi connectivity index (χ1) is 20.2. The van der Waals surface area contributed by atoms with Gasteiger partial charge < -0.3 is 24.2 Å². The van der Waals surface area contributed by atoms with E-state index in [1.807, 2.05) is 18.2 Å². The Morgan fingerprint density at radius 1 is 1.09 bits per heavy atom. The number of nitrogens with zero attached hydrogens (tertiary/aromatic N) is 1. The van der Waals surface area contributed by atoms with Crippen LogP contribution in [0.15, 0.2) is 53.4 Å². The predicted octanol–water partition coefficient (Wildman–Crippen LogP) is 2.81. The predicted molar refractivity (Wildman–Crippen MR) is 163 cm³/mol. The molecule has 1 amide bonds. The highest BCUT2D eigenvalue weighted by molar-refractivity contribution is 7.90. The number of aliphatic hydroxyl groups is 1. The lowest BCUT2D eigenvalue weighted by molar-refractivity contribution is -0.143. The minimum absolute atomic E-state index is 0.0855. The van der Waals surface area contributed by atoms with E-state index >= 15 is 0 Å². The number of hydrogen-bond acceptors (Lipinski definition) is 8. The maximum Gasteiger partial charge on any atom is 0.265 e. The van der Waals surface area contributed by atoms with Crippen LogP contribution in [-0.4, -0.2) is 78.5 Å². The Kier molecular flexibility index (Phi) is 7.59. The van der Waals surface area contributed by atoms with E-state index in [-0.39, 0.29) is 16.7 Å². The fraction of sp³-hybridized carbons (Fsp3) is 0.500. The zero-order valence-corrected chi connectivity index (χ0v) is 25.7. The number of carbonyl (C=O) groups is 1. The van der Waals surface area contributed by atoms with Gasteiger partial charge in [0.25, 0.3) is 15.9 Å². The summed E-state index contributed by atoms with van der Waals surface area (Å²) in [6.45, 7) is 4.60. The first-order valence-corrected chi connectivity index (χ1v) is 16.2. The average Bonchev–Trinajstić information content (AvgIpc) is 3.06. The molecule has 1 saturated carbocycles.